The lowest BCUT2D eigenvalue weighted by Crippen LogP contribution is -2.41. The van der Waals surface area contributed by atoms with Crippen molar-refractivity contribution in [1.29, 1.82) is 0 Å². The minimum Gasteiger partial charge on any atom is -0.497 e. The molecule has 9 heteroatoms. The molecule has 0 unspecified atom stereocenters. The number of nitrogens with one attached hydrogen (secondary N) is 2. The number of hydrogen-bond donors (Lipinski definition) is 2. The van der Waals surface area contributed by atoms with E-state index in [0.29, 0.717) is 16.2 Å². The summed E-state index contributed by atoms with van der Waals surface area (Å²) in [6, 6.07) is 7.28. The first-order valence-electron chi connectivity index (χ1n) is 8.33. The summed E-state index contributed by atoms with van der Waals surface area (Å²) in [5, 5.41) is 7.90. The highest BCUT2D eigenvalue weighted by Crippen LogP contribution is 2.20. The van der Waals surface area contributed by atoms with Crippen molar-refractivity contribution in [3.05, 3.63) is 40.8 Å². The zero-order chi connectivity index (χ0) is 19.6. The van der Waals surface area contributed by atoms with Gasteiger partial charge in [0.25, 0.3) is 5.56 Å². The van der Waals surface area contributed by atoms with Gasteiger partial charge in [-0.25, -0.2) is 9.67 Å². The molecule has 0 radical (unpaired) electrons. The van der Waals surface area contributed by atoms with Crippen molar-refractivity contribution in [3.8, 4) is 11.4 Å². The third-order valence-corrected chi connectivity index (χ3v) is 4.46. The average Bonchev–Trinajstić information content (AvgIpc) is 3.03. The molecule has 27 heavy (non-hydrogen) atoms. The van der Waals surface area contributed by atoms with Crippen molar-refractivity contribution < 1.29 is 9.53 Å². The maximum absolute atomic E-state index is 12.3. The second kappa shape index (κ2) is 7.43. The van der Waals surface area contributed by atoms with E-state index in [2.05, 4.69) is 20.4 Å². The molecular weight excluding hydrogens is 366 g/mol. The van der Waals surface area contributed by atoms with Crippen molar-refractivity contribution in [2.75, 3.05) is 12.9 Å². The number of H-pyrrole nitrogens is 1. The summed E-state index contributed by atoms with van der Waals surface area (Å²) in [7, 11) is 1.60. The van der Waals surface area contributed by atoms with Gasteiger partial charge in [-0.2, -0.15) is 5.10 Å². The van der Waals surface area contributed by atoms with Crippen molar-refractivity contribution in [2.24, 2.45) is 0 Å². The lowest BCUT2D eigenvalue weighted by molar-refractivity contribution is -0.119. The summed E-state index contributed by atoms with van der Waals surface area (Å²) in [4.78, 5) is 31.5. The van der Waals surface area contributed by atoms with Gasteiger partial charge in [-0.3, -0.25) is 9.59 Å². The first-order valence-corrected chi connectivity index (χ1v) is 9.32. The molecule has 0 aliphatic rings. The quantitative estimate of drug-likeness (QED) is 0.514. The molecule has 0 saturated heterocycles. The molecule has 0 aliphatic carbocycles. The molecule has 0 saturated carbocycles. The second-order valence-corrected chi connectivity index (χ2v) is 7.91. The Kier molecular flexibility index (Phi) is 5.22. The van der Waals surface area contributed by atoms with Crippen molar-refractivity contribution in [2.45, 2.75) is 31.5 Å². The lowest BCUT2D eigenvalue weighted by Gasteiger charge is -2.20. The van der Waals surface area contributed by atoms with Gasteiger partial charge >= 0.3 is 0 Å². The smallest absolute Gasteiger partial charge is 0.262 e. The summed E-state index contributed by atoms with van der Waals surface area (Å²) in [6.45, 7) is 5.74. The highest BCUT2D eigenvalue weighted by atomic mass is 32.2. The van der Waals surface area contributed by atoms with Crippen LogP contribution in [0.15, 0.2) is 40.4 Å². The number of nitrogens with zero attached hydrogens (tertiary/aromatic N) is 3. The molecule has 2 heterocycles. The zero-order valence-corrected chi connectivity index (χ0v) is 16.4. The summed E-state index contributed by atoms with van der Waals surface area (Å²) >= 11 is 1.17. The number of thioether (sulfide) groups is 1. The van der Waals surface area contributed by atoms with E-state index in [-0.39, 0.29) is 22.8 Å². The van der Waals surface area contributed by atoms with E-state index in [1.807, 2.05) is 45.0 Å². The van der Waals surface area contributed by atoms with Crippen molar-refractivity contribution in [3.63, 3.8) is 0 Å². The average molecular weight is 387 g/mol. The van der Waals surface area contributed by atoms with Crippen LogP contribution in [0.3, 0.4) is 0 Å². The van der Waals surface area contributed by atoms with E-state index in [1.54, 1.807) is 11.8 Å². The van der Waals surface area contributed by atoms with E-state index >= 15 is 0 Å². The molecule has 0 fully saturated rings. The predicted molar refractivity (Wildman–Crippen MR) is 105 cm³/mol. The van der Waals surface area contributed by atoms with Gasteiger partial charge in [0.15, 0.2) is 10.8 Å². The molecule has 0 atom stereocenters. The Bertz CT molecular complexity index is 1020. The third-order valence-electron chi connectivity index (χ3n) is 3.59. The molecular formula is C18H21N5O3S. The molecule has 0 aliphatic heterocycles. The number of carbonyl (C=O) groups excluding carboxylic acids is 1. The predicted octanol–water partition coefficient (Wildman–Crippen LogP) is 2.12. The van der Waals surface area contributed by atoms with Gasteiger partial charge in [-0.1, -0.05) is 11.8 Å². The van der Waals surface area contributed by atoms with Crippen LogP contribution in [-0.2, 0) is 4.79 Å². The highest BCUT2D eigenvalue weighted by Gasteiger charge is 2.16. The van der Waals surface area contributed by atoms with Crippen LogP contribution in [0.2, 0.25) is 0 Å². The Morgan fingerprint density at radius 3 is 2.63 bits per heavy atom. The topological polar surface area (TPSA) is 102 Å². The number of amides is 1. The van der Waals surface area contributed by atoms with Gasteiger partial charge in [-0.15, -0.1) is 0 Å². The molecule has 3 rings (SSSR count). The van der Waals surface area contributed by atoms with Crippen LogP contribution in [0.5, 0.6) is 5.75 Å². The Morgan fingerprint density at radius 1 is 1.30 bits per heavy atom. The van der Waals surface area contributed by atoms with E-state index in [0.717, 1.165) is 11.4 Å². The Labute approximate surface area is 160 Å². The van der Waals surface area contributed by atoms with Crippen LogP contribution in [-0.4, -0.2) is 44.1 Å². The summed E-state index contributed by atoms with van der Waals surface area (Å²) in [5.41, 5.74) is 0.585. The van der Waals surface area contributed by atoms with Gasteiger partial charge in [-0.05, 0) is 45.0 Å². The van der Waals surface area contributed by atoms with Crippen molar-refractivity contribution in [1.82, 2.24) is 25.1 Å². The van der Waals surface area contributed by atoms with Crippen LogP contribution in [0.25, 0.3) is 16.7 Å². The molecule has 2 aromatic heterocycles. The largest absolute Gasteiger partial charge is 0.497 e. The van der Waals surface area contributed by atoms with Crippen LogP contribution >= 0.6 is 11.8 Å². The molecule has 142 valence electrons. The first kappa shape index (κ1) is 19.0. The third kappa shape index (κ3) is 4.48. The van der Waals surface area contributed by atoms with Gasteiger partial charge in [0.2, 0.25) is 5.91 Å². The number of aromatic amines is 1. The molecule has 0 spiro atoms. The maximum atomic E-state index is 12.3. The molecule has 2 N–H and O–H groups in total. The number of fused-ring (bicyclic) bond motifs is 1. The maximum Gasteiger partial charge on any atom is 0.262 e. The highest BCUT2D eigenvalue weighted by molar-refractivity contribution is 7.99. The normalized spacial score (nSPS) is 11.6. The first-order chi connectivity index (χ1) is 12.8. The van der Waals surface area contributed by atoms with Gasteiger partial charge in [0.1, 0.15) is 11.1 Å². The Balaban J connectivity index is 1.88. The van der Waals surface area contributed by atoms with Crippen LogP contribution in [0.1, 0.15) is 20.8 Å². The number of benzene rings is 1. The van der Waals surface area contributed by atoms with E-state index in [1.165, 1.54) is 18.0 Å². The van der Waals surface area contributed by atoms with E-state index in [4.69, 9.17) is 4.74 Å². The van der Waals surface area contributed by atoms with Gasteiger partial charge in [0, 0.05) is 5.54 Å². The van der Waals surface area contributed by atoms with Crippen molar-refractivity contribution >= 4 is 28.7 Å². The number of rotatable bonds is 5. The molecule has 1 amide bonds. The fourth-order valence-electron chi connectivity index (χ4n) is 2.47. The van der Waals surface area contributed by atoms with Gasteiger partial charge in [0.05, 0.1) is 24.7 Å². The number of hydrogen-bond acceptors (Lipinski definition) is 6. The number of ether oxygens (including phenoxy) is 1. The Morgan fingerprint density at radius 2 is 2.00 bits per heavy atom. The van der Waals surface area contributed by atoms with Gasteiger partial charge < -0.3 is 15.0 Å². The Hall–Kier alpha value is -2.81. The fraction of sp³-hybridized carbons (Fsp3) is 0.333. The summed E-state index contributed by atoms with van der Waals surface area (Å²) in [6.07, 6.45) is 1.48. The number of aromatic nitrogens is 4. The van der Waals surface area contributed by atoms with Crippen LogP contribution < -0.4 is 15.6 Å². The second-order valence-electron chi connectivity index (χ2n) is 6.95. The number of methoxy groups -OCH3 is 1. The SMILES string of the molecule is COc1ccc(-n2ncc3c(=O)[nH]c(SCC(=O)NC(C)(C)C)nc32)cc1. The monoisotopic (exact) mass is 387 g/mol. The van der Waals surface area contributed by atoms with E-state index in [9.17, 15) is 9.59 Å². The summed E-state index contributed by atoms with van der Waals surface area (Å²) in [5.74, 6) is 0.753. The fourth-order valence-corrected chi connectivity index (χ4v) is 3.12. The molecule has 1 aromatic carbocycles. The van der Waals surface area contributed by atoms with E-state index < -0.39 is 0 Å². The molecule has 8 nitrogen and oxygen atoms in total. The molecule has 0 bridgehead atoms. The minimum absolute atomic E-state index is 0.126. The zero-order valence-electron chi connectivity index (χ0n) is 15.6. The lowest BCUT2D eigenvalue weighted by atomic mass is 10.1. The minimum atomic E-state index is -0.310. The number of carbonyl (C=O) groups is 1. The van der Waals surface area contributed by atoms with Crippen LogP contribution in [0, 0.1) is 0 Å². The van der Waals surface area contributed by atoms with Crippen LogP contribution in [0.4, 0.5) is 0 Å². The standard InChI is InChI=1S/C18H21N5O3S/c1-18(2,3)22-14(24)10-27-17-20-15-13(16(25)21-17)9-19-23(15)11-5-7-12(26-4)8-6-11/h5-9H,10H2,1-4H3,(H,22,24)(H,20,21,25). The molecule has 3 aromatic rings. The summed E-state index contributed by atoms with van der Waals surface area (Å²) < 4.78 is 6.75.